The number of thiophene rings is 1. The molecule has 2 aromatic heterocycles. The summed E-state index contributed by atoms with van der Waals surface area (Å²) in [4.78, 5) is 18.2. The van der Waals surface area contributed by atoms with E-state index >= 15 is 0 Å². The Balaban J connectivity index is 2.09. The fraction of sp³-hybridized carbons (Fsp3) is 0.368. The molecular formula is C19H22N2OS. The average Bonchev–Trinajstić information content (AvgIpc) is 2.97. The summed E-state index contributed by atoms with van der Waals surface area (Å²) in [6.07, 6.45) is 5.00. The molecule has 3 aromatic rings. The molecule has 0 unspecified atom stereocenters. The second-order valence-corrected chi connectivity index (χ2v) is 6.94. The van der Waals surface area contributed by atoms with Crippen molar-refractivity contribution < 1.29 is 0 Å². The number of nitrogens with zero attached hydrogens (tertiary/aromatic N) is 2. The lowest BCUT2D eigenvalue weighted by Gasteiger charge is -2.07. The van der Waals surface area contributed by atoms with Gasteiger partial charge in [-0.2, -0.15) is 0 Å². The van der Waals surface area contributed by atoms with Crippen LogP contribution in [-0.4, -0.2) is 9.55 Å². The van der Waals surface area contributed by atoms with Crippen molar-refractivity contribution in [3.63, 3.8) is 0 Å². The number of aromatic nitrogens is 2. The van der Waals surface area contributed by atoms with Crippen molar-refractivity contribution in [3.8, 4) is 11.1 Å². The van der Waals surface area contributed by atoms with Crippen molar-refractivity contribution in [2.24, 2.45) is 0 Å². The molecule has 0 N–H and O–H groups in total. The fourth-order valence-corrected chi connectivity index (χ4v) is 3.69. The lowest BCUT2D eigenvalue weighted by atomic mass is 10.0. The van der Waals surface area contributed by atoms with Gasteiger partial charge in [0.25, 0.3) is 5.56 Å². The summed E-state index contributed by atoms with van der Waals surface area (Å²) in [7, 11) is 0. The van der Waals surface area contributed by atoms with Crippen LogP contribution in [0.2, 0.25) is 0 Å². The summed E-state index contributed by atoms with van der Waals surface area (Å²) >= 11 is 1.55. The average molecular weight is 326 g/mol. The molecule has 0 aliphatic heterocycles. The van der Waals surface area contributed by atoms with Crippen molar-refractivity contribution in [2.45, 2.75) is 46.6 Å². The molecule has 0 aliphatic rings. The molecule has 0 aliphatic carbocycles. The molecule has 0 bridgehead atoms. The van der Waals surface area contributed by atoms with Crippen LogP contribution in [0.15, 0.2) is 34.7 Å². The van der Waals surface area contributed by atoms with E-state index < -0.39 is 0 Å². The van der Waals surface area contributed by atoms with Crippen LogP contribution in [0.25, 0.3) is 21.3 Å². The summed E-state index contributed by atoms with van der Waals surface area (Å²) in [5.41, 5.74) is 4.71. The molecule has 0 atom stereocenters. The number of hydrogen-bond donors (Lipinski definition) is 0. The van der Waals surface area contributed by atoms with Crippen molar-refractivity contribution in [3.05, 3.63) is 51.4 Å². The SMILES string of the molecule is CCCCCn1cnc2scc(-c3ccc(C)c(C)c3)c2c1=O. The predicted molar refractivity (Wildman–Crippen MR) is 98.3 cm³/mol. The molecule has 120 valence electrons. The fourth-order valence-electron chi connectivity index (χ4n) is 2.78. The molecule has 3 nitrogen and oxygen atoms in total. The van der Waals surface area contributed by atoms with Crippen molar-refractivity contribution in [1.82, 2.24) is 9.55 Å². The van der Waals surface area contributed by atoms with Gasteiger partial charge in [-0.15, -0.1) is 11.3 Å². The Morgan fingerprint density at radius 3 is 2.74 bits per heavy atom. The van der Waals surface area contributed by atoms with E-state index in [1.807, 2.05) is 0 Å². The maximum absolute atomic E-state index is 12.9. The van der Waals surface area contributed by atoms with Crippen molar-refractivity contribution in [2.75, 3.05) is 0 Å². The van der Waals surface area contributed by atoms with Gasteiger partial charge in [0.15, 0.2) is 0 Å². The second-order valence-electron chi connectivity index (χ2n) is 6.08. The van der Waals surface area contributed by atoms with Gasteiger partial charge in [0.1, 0.15) is 4.83 Å². The van der Waals surface area contributed by atoms with Crippen LogP contribution in [0.4, 0.5) is 0 Å². The summed E-state index contributed by atoms with van der Waals surface area (Å²) in [5, 5.41) is 2.82. The third-order valence-corrected chi connectivity index (χ3v) is 5.27. The van der Waals surface area contributed by atoms with Crippen LogP contribution in [0, 0.1) is 13.8 Å². The highest BCUT2D eigenvalue weighted by molar-refractivity contribution is 7.17. The predicted octanol–water partition coefficient (Wildman–Crippen LogP) is 4.93. The standard InChI is InChI=1S/C19H22N2OS/c1-4-5-6-9-21-12-20-18-17(19(21)22)16(11-23-18)15-8-7-13(2)14(3)10-15/h7-8,10-12H,4-6,9H2,1-3H3. The molecular weight excluding hydrogens is 304 g/mol. The molecule has 1 aromatic carbocycles. The van der Waals surface area contributed by atoms with E-state index in [-0.39, 0.29) is 5.56 Å². The Morgan fingerprint density at radius 2 is 2.00 bits per heavy atom. The topological polar surface area (TPSA) is 34.9 Å². The first-order valence-electron chi connectivity index (χ1n) is 8.16. The van der Waals surface area contributed by atoms with Gasteiger partial charge < -0.3 is 0 Å². The van der Waals surface area contributed by atoms with E-state index in [1.165, 1.54) is 11.1 Å². The maximum atomic E-state index is 12.9. The minimum atomic E-state index is 0.0839. The molecule has 0 radical (unpaired) electrons. The van der Waals surface area contributed by atoms with Crippen LogP contribution in [0.3, 0.4) is 0 Å². The largest absolute Gasteiger partial charge is 0.299 e. The zero-order valence-corrected chi connectivity index (χ0v) is 14.7. The Bertz CT molecular complexity index is 892. The van der Waals surface area contributed by atoms with E-state index in [9.17, 15) is 4.79 Å². The zero-order valence-electron chi connectivity index (χ0n) is 13.9. The summed E-state index contributed by atoms with van der Waals surface area (Å²) < 4.78 is 1.76. The number of rotatable bonds is 5. The Labute approximate surface area is 140 Å². The summed E-state index contributed by atoms with van der Waals surface area (Å²) in [6, 6.07) is 6.37. The van der Waals surface area contributed by atoms with Crippen LogP contribution in [0.1, 0.15) is 37.3 Å². The minimum Gasteiger partial charge on any atom is -0.299 e. The molecule has 2 heterocycles. The number of fused-ring (bicyclic) bond motifs is 1. The van der Waals surface area contributed by atoms with E-state index in [0.29, 0.717) is 0 Å². The van der Waals surface area contributed by atoms with Gasteiger partial charge in [-0.05, 0) is 37.0 Å². The van der Waals surface area contributed by atoms with Crippen LogP contribution in [-0.2, 0) is 6.54 Å². The minimum absolute atomic E-state index is 0.0839. The van der Waals surface area contributed by atoms with E-state index in [0.717, 1.165) is 47.2 Å². The van der Waals surface area contributed by atoms with Gasteiger partial charge in [-0.1, -0.05) is 38.0 Å². The second kappa shape index (κ2) is 6.67. The van der Waals surface area contributed by atoms with Gasteiger partial charge in [0.05, 0.1) is 11.7 Å². The van der Waals surface area contributed by atoms with E-state index in [4.69, 9.17) is 0 Å². The Hall–Kier alpha value is -1.94. The third kappa shape index (κ3) is 3.08. The Kier molecular flexibility index (Phi) is 4.62. The molecule has 3 rings (SSSR count). The van der Waals surface area contributed by atoms with Crippen molar-refractivity contribution in [1.29, 1.82) is 0 Å². The van der Waals surface area contributed by atoms with E-state index in [2.05, 4.69) is 49.3 Å². The normalized spacial score (nSPS) is 11.3. The van der Waals surface area contributed by atoms with E-state index in [1.54, 1.807) is 22.2 Å². The number of aryl methyl sites for hydroxylation is 3. The molecule has 4 heteroatoms. The van der Waals surface area contributed by atoms with Gasteiger partial charge in [-0.25, -0.2) is 4.98 Å². The molecule has 23 heavy (non-hydrogen) atoms. The highest BCUT2D eigenvalue weighted by Crippen LogP contribution is 2.31. The highest BCUT2D eigenvalue weighted by Gasteiger charge is 2.13. The van der Waals surface area contributed by atoms with Crippen LogP contribution < -0.4 is 5.56 Å². The van der Waals surface area contributed by atoms with Gasteiger partial charge >= 0.3 is 0 Å². The van der Waals surface area contributed by atoms with Crippen molar-refractivity contribution >= 4 is 21.6 Å². The first-order chi connectivity index (χ1) is 11.1. The van der Waals surface area contributed by atoms with Gasteiger partial charge in [0.2, 0.25) is 0 Å². The number of benzene rings is 1. The van der Waals surface area contributed by atoms with Gasteiger partial charge in [0, 0.05) is 17.5 Å². The van der Waals surface area contributed by atoms with Crippen LogP contribution in [0.5, 0.6) is 0 Å². The molecule has 0 amide bonds. The summed E-state index contributed by atoms with van der Waals surface area (Å²) in [6.45, 7) is 7.13. The monoisotopic (exact) mass is 326 g/mol. The first-order valence-corrected chi connectivity index (χ1v) is 9.04. The molecule has 0 saturated carbocycles. The Morgan fingerprint density at radius 1 is 1.17 bits per heavy atom. The first kappa shape index (κ1) is 15.9. The van der Waals surface area contributed by atoms with Crippen LogP contribution >= 0.6 is 11.3 Å². The number of unbranched alkanes of at least 4 members (excludes halogenated alkanes) is 2. The number of hydrogen-bond acceptors (Lipinski definition) is 3. The lowest BCUT2D eigenvalue weighted by Crippen LogP contribution is -2.20. The molecule has 0 fully saturated rings. The van der Waals surface area contributed by atoms with Gasteiger partial charge in [-0.3, -0.25) is 9.36 Å². The highest BCUT2D eigenvalue weighted by atomic mass is 32.1. The maximum Gasteiger partial charge on any atom is 0.262 e. The zero-order chi connectivity index (χ0) is 16.4. The quantitative estimate of drug-likeness (QED) is 0.623. The smallest absolute Gasteiger partial charge is 0.262 e. The lowest BCUT2D eigenvalue weighted by molar-refractivity contribution is 0.584. The molecule has 0 saturated heterocycles. The third-order valence-electron chi connectivity index (χ3n) is 4.38. The molecule has 0 spiro atoms. The summed E-state index contributed by atoms with van der Waals surface area (Å²) in [5.74, 6) is 0.